The van der Waals surface area contributed by atoms with Crippen molar-refractivity contribution in [3.05, 3.63) is 106 Å². The van der Waals surface area contributed by atoms with Gasteiger partial charge in [-0.05, 0) is 48.4 Å². The zero-order chi connectivity index (χ0) is 21.4. The van der Waals surface area contributed by atoms with Crippen LogP contribution < -0.4 is 4.90 Å². The zero-order valence-corrected chi connectivity index (χ0v) is 16.7. The Hall–Kier alpha value is -3.44. The highest BCUT2D eigenvalue weighted by atomic mass is 35.5. The van der Waals surface area contributed by atoms with Gasteiger partial charge in [0.2, 0.25) is 0 Å². The Morgan fingerprint density at radius 1 is 1.00 bits per heavy atom. The Labute approximate surface area is 177 Å². The molecule has 1 saturated heterocycles. The number of hydrogen-bond acceptors (Lipinski definition) is 3. The average Bonchev–Trinajstić information content (AvgIpc) is 3.01. The van der Waals surface area contributed by atoms with Crippen LogP contribution in [0.5, 0.6) is 0 Å². The lowest BCUT2D eigenvalue weighted by Gasteiger charge is -2.26. The molecule has 1 aliphatic heterocycles. The van der Waals surface area contributed by atoms with Crippen LogP contribution in [0.15, 0.2) is 78.4 Å². The number of ketones is 1. The van der Waals surface area contributed by atoms with Crippen molar-refractivity contribution < 1.29 is 19.1 Å². The number of rotatable bonds is 3. The summed E-state index contributed by atoms with van der Waals surface area (Å²) in [6, 6.07) is 18.1. The molecule has 4 rings (SSSR count). The molecule has 30 heavy (non-hydrogen) atoms. The Balaban J connectivity index is 1.95. The number of hydrogen-bond donors (Lipinski definition) is 1. The van der Waals surface area contributed by atoms with E-state index in [4.69, 9.17) is 11.6 Å². The number of Topliss-reactive ketones (excluding diaryl/α,β-unsaturated/α-hetero) is 1. The van der Waals surface area contributed by atoms with E-state index in [0.29, 0.717) is 21.8 Å². The van der Waals surface area contributed by atoms with E-state index in [1.165, 1.54) is 29.2 Å². The van der Waals surface area contributed by atoms with Gasteiger partial charge in [-0.3, -0.25) is 14.5 Å². The van der Waals surface area contributed by atoms with Crippen LogP contribution in [0.25, 0.3) is 5.76 Å². The molecule has 4 nitrogen and oxygen atoms in total. The number of carbonyl (C=O) groups excluding carboxylic acids is 2. The maximum atomic E-state index is 13.5. The molecule has 0 aliphatic carbocycles. The minimum atomic E-state index is -0.911. The first-order valence-electron chi connectivity index (χ1n) is 9.26. The van der Waals surface area contributed by atoms with Gasteiger partial charge >= 0.3 is 0 Å². The molecule has 3 aromatic carbocycles. The van der Waals surface area contributed by atoms with Gasteiger partial charge in [-0.15, -0.1) is 0 Å². The number of benzene rings is 3. The molecule has 1 amide bonds. The fourth-order valence-corrected chi connectivity index (χ4v) is 3.71. The fourth-order valence-electron chi connectivity index (χ4n) is 3.59. The van der Waals surface area contributed by atoms with E-state index in [0.717, 1.165) is 5.56 Å². The highest BCUT2D eigenvalue weighted by molar-refractivity contribution is 6.51. The van der Waals surface area contributed by atoms with Crippen molar-refractivity contribution >= 4 is 34.7 Å². The summed E-state index contributed by atoms with van der Waals surface area (Å²) in [4.78, 5) is 27.3. The third-order valence-corrected chi connectivity index (χ3v) is 5.52. The van der Waals surface area contributed by atoms with Gasteiger partial charge in [0.15, 0.2) is 0 Å². The van der Waals surface area contributed by atoms with Crippen LogP contribution in [0.4, 0.5) is 10.1 Å². The number of aryl methyl sites for hydroxylation is 1. The van der Waals surface area contributed by atoms with Crippen molar-refractivity contribution in [2.45, 2.75) is 13.0 Å². The smallest absolute Gasteiger partial charge is 0.300 e. The summed E-state index contributed by atoms with van der Waals surface area (Å²) in [6.07, 6.45) is 0. The Morgan fingerprint density at radius 3 is 2.30 bits per heavy atom. The van der Waals surface area contributed by atoms with E-state index >= 15 is 0 Å². The van der Waals surface area contributed by atoms with Crippen molar-refractivity contribution in [3.63, 3.8) is 0 Å². The van der Waals surface area contributed by atoms with E-state index in [2.05, 4.69) is 0 Å². The number of anilines is 1. The number of halogens is 2. The van der Waals surface area contributed by atoms with E-state index in [1.807, 2.05) is 0 Å². The number of nitrogens with zero attached hydrogens (tertiary/aromatic N) is 1. The van der Waals surface area contributed by atoms with Gasteiger partial charge in [-0.25, -0.2) is 4.39 Å². The molecule has 0 aromatic heterocycles. The van der Waals surface area contributed by atoms with Crippen LogP contribution in [-0.2, 0) is 9.59 Å². The van der Waals surface area contributed by atoms with Crippen molar-refractivity contribution in [2.24, 2.45) is 0 Å². The summed E-state index contributed by atoms with van der Waals surface area (Å²) in [5.74, 6) is -2.31. The Morgan fingerprint density at radius 2 is 1.67 bits per heavy atom. The van der Waals surface area contributed by atoms with Gasteiger partial charge in [0.1, 0.15) is 11.6 Å². The number of aliphatic hydroxyl groups is 1. The monoisotopic (exact) mass is 421 g/mol. The molecule has 1 aliphatic rings. The average molecular weight is 422 g/mol. The minimum absolute atomic E-state index is 0.0505. The maximum Gasteiger partial charge on any atom is 0.300 e. The van der Waals surface area contributed by atoms with Crippen LogP contribution >= 0.6 is 11.6 Å². The Kier molecular flexibility index (Phi) is 5.14. The molecule has 1 N–H and O–H groups in total. The highest BCUT2D eigenvalue weighted by Crippen LogP contribution is 2.42. The number of amides is 1. The Bertz CT molecular complexity index is 1170. The molecule has 1 fully saturated rings. The predicted molar refractivity (Wildman–Crippen MR) is 114 cm³/mol. The second kappa shape index (κ2) is 7.76. The third kappa shape index (κ3) is 3.37. The van der Waals surface area contributed by atoms with Gasteiger partial charge in [-0.1, -0.05) is 54.1 Å². The maximum absolute atomic E-state index is 13.5. The molecule has 3 aromatic rings. The molecule has 0 saturated carbocycles. The standard InChI is InChI=1S/C24H17ClFNO3/c1-14-13-18(11-12-19(14)25)27-21(15-7-9-17(26)10-8-15)20(23(29)24(27)30)22(28)16-5-3-2-4-6-16/h2-13,21,28H,1H3/t21-/m0/s1. The summed E-state index contributed by atoms with van der Waals surface area (Å²) in [5.41, 5.74) is 2.05. The lowest BCUT2D eigenvalue weighted by molar-refractivity contribution is -0.132. The zero-order valence-electron chi connectivity index (χ0n) is 16.0. The van der Waals surface area contributed by atoms with Gasteiger partial charge in [-0.2, -0.15) is 0 Å². The van der Waals surface area contributed by atoms with Crippen molar-refractivity contribution in [3.8, 4) is 0 Å². The van der Waals surface area contributed by atoms with Gasteiger partial charge in [0, 0.05) is 16.3 Å². The van der Waals surface area contributed by atoms with Crippen molar-refractivity contribution in [1.29, 1.82) is 0 Å². The van der Waals surface area contributed by atoms with Crippen LogP contribution in [0, 0.1) is 12.7 Å². The normalized spacial score (nSPS) is 18.1. The van der Waals surface area contributed by atoms with Gasteiger partial charge < -0.3 is 5.11 Å². The number of aliphatic hydroxyl groups excluding tert-OH is 1. The van der Waals surface area contributed by atoms with Crippen LogP contribution in [0.3, 0.4) is 0 Å². The fraction of sp³-hybridized carbons (Fsp3) is 0.0833. The van der Waals surface area contributed by atoms with Crippen LogP contribution in [0.1, 0.15) is 22.7 Å². The second-order valence-electron chi connectivity index (χ2n) is 7.02. The predicted octanol–water partition coefficient (Wildman–Crippen LogP) is 5.41. The minimum Gasteiger partial charge on any atom is -0.507 e. The molecule has 1 atom stereocenters. The van der Waals surface area contributed by atoms with E-state index in [9.17, 15) is 19.1 Å². The number of carbonyl (C=O) groups is 2. The molecule has 0 radical (unpaired) electrons. The van der Waals surface area contributed by atoms with E-state index in [1.54, 1.807) is 55.5 Å². The van der Waals surface area contributed by atoms with Crippen molar-refractivity contribution in [1.82, 2.24) is 0 Å². The van der Waals surface area contributed by atoms with Crippen LogP contribution in [0.2, 0.25) is 5.02 Å². The summed E-state index contributed by atoms with van der Waals surface area (Å²) < 4.78 is 13.5. The molecule has 1 heterocycles. The second-order valence-corrected chi connectivity index (χ2v) is 7.43. The SMILES string of the molecule is Cc1cc(N2C(=O)C(=O)C(=C(O)c3ccccc3)[C@@H]2c2ccc(F)cc2)ccc1Cl. The quantitative estimate of drug-likeness (QED) is 0.349. The van der Waals surface area contributed by atoms with Gasteiger partial charge in [0.05, 0.1) is 11.6 Å². The van der Waals surface area contributed by atoms with E-state index < -0.39 is 23.5 Å². The molecule has 150 valence electrons. The lowest BCUT2D eigenvalue weighted by Crippen LogP contribution is -2.29. The molecule has 0 bridgehead atoms. The summed E-state index contributed by atoms with van der Waals surface area (Å²) in [5, 5.41) is 11.5. The van der Waals surface area contributed by atoms with E-state index in [-0.39, 0.29) is 11.3 Å². The first kappa shape index (κ1) is 19.9. The highest BCUT2D eigenvalue weighted by Gasteiger charge is 2.47. The largest absolute Gasteiger partial charge is 0.507 e. The summed E-state index contributed by atoms with van der Waals surface area (Å²) in [6.45, 7) is 1.79. The van der Waals surface area contributed by atoms with Gasteiger partial charge in [0.25, 0.3) is 11.7 Å². The van der Waals surface area contributed by atoms with Crippen LogP contribution in [-0.4, -0.2) is 16.8 Å². The molecule has 6 heteroatoms. The van der Waals surface area contributed by atoms with Crippen molar-refractivity contribution in [2.75, 3.05) is 4.90 Å². The summed E-state index contributed by atoms with van der Waals surface area (Å²) >= 11 is 6.12. The molecular weight excluding hydrogens is 405 g/mol. The first-order chi connectivity index (χ1) is 14.4. The molecule has 0 spiro atoms. The molecular formula is C24H17ClFNO3. The third-order valence-electron chi connectivity index (χ3n) is 5.10. The summed E-state index contributed by atoms with van der Waals surface area (Å²) in [7, 11) is 0. The first-order valence-corrected chi connectivity index (χ1v) is 9.64. The topological polar surface area (TPSA) is 57.6 Å². The lowest BCUT2D eigenvalue weighted by atomic mass is 9.95. The molecule has 0 unspecified atom stereocenters.